The van der Waals surface area contributed by atoms with Crippen molar-refractivity contribution < 1.29 is 37.5 Å². The molecule has 6 atom stereocenters. The van der Waals surface area contributed by atoms with Gasteiger partial charge in [0.15, 0.2) is 5.82 Å². The highest BCUT2D eigenvalue weighted by atomic mass is 35.5. The summed E-state index contributed by atoms with van der Waals surface area (Å²) >= 11 is 6.22. The summed E-state index contributed by atoms with van der Waals surface area (Å²) in [6.45, 7) is 1.71. The summed E-state index contributed by atoms with van der Waals surface area (Å²) in [4.78, 5) is 61.4. The van der Waals surface area contributed by atoms with Gasteiger partial charge in [-0.3, -0.25) is 24.2 Å². The van der Waals surface area contributed by atoms with Gasteiger partial charge in [-0.2, -0.15) is 18.2 Å². The Morgan fingerprint density at radius 3 is 2.30 bits per heavy atom. The molecule has 0 radical (unpaired) electrons. The average molecular weight is 665 g/mol. The highest BCUT2D eigenvalue weighted by Gasteiger charge is 2.68. The topological polar surface area (TPSA) is 111 Å². The van der Waals surface area contributed by atoms with Crippen molar-refractivity contribution in [1.82, 2.24) is 9.99 Å². The van der Waals surface area contributed by atoms with E-state index in [9.17, 15) is 37.5 Å². The minimum atomic E-state index is -4.79. The van der Waals surface area contributed by atoms with Crippen LogP contribution in [0.1, 0.15) is 36.9 Å². The van der Waals surface area contributed by atoms with Crippen molar-refractivity contribution in [3.05, 3.63) is 94.7 Å². The number of carbonyl (C=O) groups excluding carboxylic acids is 4. The monoisotopic (exact) mass is 664 g/mol. The van der Waals surface area contributed by atoms with E-state index in [1.54, 1.807) is 55.5 Å². The molecule has 4 amide bonds. The van der Waals surface area contributed by atoms with Crippen molar-refractivity contribution >= 4 is 46.7 Å². The average Bonchev–Trinajstić information content (AvgIpc) is 3.40. The number of halogens is 4. The van der Waals surface area contributed by atoms with E-state index in [0.29, 0.717) is 22.9 Å². The molecule has 1 aromatic heterocycles. The predicted octanol–water partition coefficient (Wildman–Crippen LogP) is 5.74. The first-order chi connectivity index (χ1) is 22.3. The summed E-state index contributed by atoms with van der Waals surface area (Å²) in [5.41, 5.74) is -1.11. The summed E-state index contributed by atoms with van der Waals surface area (Å²) in [6.07, 6.45) is -2.81. The minimum absolute atomic E-state index is 0.0701. The van der Waals surface area contributed by atoms with Crippen LogP contribution >= 0.6 is 11.6 Å². The molecule has 3 fully saturated rings. The van der Waals surface area contributed by atoms with Crippen LogP contribution in [-0.4, -0.2) is 45.8 Å². The largest absolute Gasteiger partial charge is 0.508 e. The first-order valence-electron chi connectivity index (χ1n) is 15.0. The van der Waals surface area contributed by atoms with Gasteiger partial charge in [-0.1, -0.05) is 59.6 Å². The molecule has 13 heteroatoms. The predicted molar refractivity (Wildman–Crippen MR) is 164 cm³/mol. The molecule has 2 saturated heterocycles. The number of alkyl halides is 3. The number of anilines is 2. The second-order valence-electron chi connectivity index (χ2n) is 12.6. The number of imide groups is 2. The Balaban J connectivity index is 1.32. The molecule has 1 saturated carbocycles. The number of hydrogen-bond donors (Lipinski definition) is 1. The first-order valence-corrected chi connectivity index (χ1v) is 15.4. The summed E-state index contributed by atoms with van der Waals surface area (Å²) < 4.78 is 40.5. The Labute approximate surface area is 272 Å². The zero-order chi connectivity index (χ0) is 33.6. The lowest BCUT2D eigenvalue weighted by Gasteiger charge is -2.49. The number of aromatic nitrogens is 1. The summed E-state index contributed by atoms with van der Waals surface area (Å²) in [5, 5.41) is 12.6. The summed E-state index contributed by atoms with van der Waals surface area (Å²) in [7, 11) is 1.25. The van der Waals surface area contributed by atoms with Gasteiger partial charge in [0, 0.05) is 18.5 Å². The molecular formula is C34H28ClF3N4O5. The Hall–Kier alpha value is -4.71. The number of hydrogen-bond acceptors (Lipinski definition) is 7. The lowest BCUT2D eigenvalue weighted by Crippen LogP contribution is -2.49. The molecule has 0 bridgehead atoms. The third-order valence-electron chi connectivity index (χ3n) is 10.2. The molecule has 47 heavy (non-hydrogen) atoms. The summed E-state index contributed by atoms with van der Waals surface area (Å²) in [5.74, 6) is -6.98. The highest BCUT2D eigenvalue weighted by molar-refractivity contribution is 6.33. The Bertz CT molecular complexity index is 1880. The quantitative estimate of drug-likeness (QED) is 0.280. The van der Waals surface area contributed by atoms with Gasteiger partial charge in [-0.25, -0.2) is 9.88 Å². The number of benzene rings is 2. The molecule has 2 aliphatic carbocycles. The van der Waals surface area contributed by atoms with Crippen molar-refractivity contribution in [3.8, 4) is 5.75 Å². The maximum Gasteiger partial charge on any atom is 0.433 e. The van der Waals surface area contributed by atoms with Gasteiger partial charge in [0.25, 0.3) is 11.8 Å². The van der Waals surface area contributed by atoms with Crippen LogP contribution < -0.4 is 9.91 Å². The van der Waals surface area contributed by atoms with Crippen molar-refractivity contribution in [2.75, 3.05) is 17.0 Å². The van der Waals surface area contributed by atoms with E-state index in [1.165, 1.54) is 13.1 Å². The third-order valence-corrected chi connectivity index (χ3v) is 10.5. The molecular weight excluding hydrogens is 637 g/mol. The molecule has 4 aliphatic rings. The number of carbonyl (C=O) groups is 4. The van der Waals surface area contributed by atoms with Gasteiger partial charge >= 0.3 is 6.18 Å². The number of aromatic hydroxyl groups is 1. The fourth-order valence-electron chi connectivity index (χ4n) is 8.10. The zero-order valence-corrected chi connectivity index (χ0v) is 25.9. The van der Waals surface area contributed by atoms with Crippen LogP contribution in [0.15, 0.2) is 78.4 Å². The van der Waals surface area contributed by atoms with Gasteiger partial charge in [-0.05, 0) is 56.0 Å². The van der Waals surface area contributed by atoms with E-state index in [0.717, 1.165) is 21.0 Å². The van der Waals surface area contributed by atoms with E-state index in [1.807, 2.05) is 6.08 Å². The van der Waals surface area contributed by atoms with E-state index in [-0.39, 0.29) is 23.6 Å². The van der Waals surface area contributed by atoms with Gasteiger partial charge in [0.2, 0.25) is 11.8 Å². The zero-order valence-electron chi connectivity index (χ0n) is 25.1. The maximum atomic E-state index is 14.4. The molecule has 3 heterocycles. The number of rotatable bonds is 4. The number of nitrogens with zero attached hydrogens (tertiary/aromatic N) is 4. The molecule has 2 aromatic carbocycles. The molecule has 2 aliphatic heterocycles. The number of pyridine rings is 1. The summed E-state index contributed by atoms with van der Waals surface area (Å²) in [6, 6.07) is 16.8. The maximum absolute atomic E-state index is 14.4. The Morgan fingerprint density at radius 1 is 0.936 bits per heavy atom. The number of allylic oxidation sites excluding steroid dienone is 2. The standard InChI is InChI=1S/C34H28ClF3N4O5/c1-33-22(30(45)41(32(33)47)17-8-4-3-5-9-17)16-21-18(27(33)19-10-6-7-11-24(19)43)12-13-20-26(21)31(46)42(29(20)44)40(2)28-23(35)14-15-25(39-28)34(36,37)38/h3-12,14-15,20-22,26-27,43H,13,16H2,1-2H3. The molecule has 242 valence electrons. The number of fused-ring (bicyclic) bond motifs is 4. The molecule has 9 nitrogen and oxygen atoms in total. The molecule has 7 rings (SSSR count). The van der Waals surface area contributed by atoms with Crippen LogP contribution in [0.2, 0.25) is 5.02 Å². The van der Waals surface area contributed by atoms with Gasteiger partial charge < -0.3 is 5.11 Å². The van der Waals surface area contributed by atoms with E-state index in [4.69, 9.17) is 11.6 Å². The number of amides is 4. The van der Waals surface area contributed by atoms with E-state index < -0.39 is 76.3 Å². The first kappa shape index (κ1) is 30.9. The smallest absolute Gasteiger partial charge is 0.433 e. The molecule has 0 spiro atoms. The van der Waals surface area contributed by atoms with Crippen molar-refractivity contribution in [3.63, 3.8) is 0 Å². The van der Waals surface area contributed by atoms with Crippen LogP contribution in [-0.2, 0) is 25.4 Å². The van der Waals surface area contributed by atoms with Crippen molar-refractivity contribution in [2.45, 2.75) is 31.9 Å². The van der Waals surface area contributed by atoms with Gasteiger partial charge in [0.05, 0.1) is 33.9 Å². The fourth-order valence-corrected chi connectivity index (χ4v) is 8.33. The highest BCUT2D eigenvalue weighted by Crippen LogP contribution is 2.64. The number of hydrazine groups is 1. The second-order valence-corrected chi connectivity index (χ2v) is 13.0. The third kappa shape index (κ3) is 4.41. The van der Waals surface area contributed by atoms with Crippen molar-refractivity contribution in [1.29, 1.82) is 0 Å². The number of phenolic OH excluding ortho intramolecular Hbond substituents is 1. The Kier molecular flexibility index (Phi) is 7.01. The van der Waals surface area contributed by atoms with Crippen LogP contribution in [0.5, 0.6) is 5.75 Å². The van der Waals surface area contributed by atoms with E-state index >= 15 is 0 Å². The number of para-hydroxylation sites is 2. The lowest BCUT2D eigenvalue weighted by atomic mass is 9.51. The fraction of sp³-hybridized carbons (Fsp3) is 0.324. The van der Waals surface area contributed by atoms with Crippen LogP contribution in [0, 0.1) is 29.1 Å². The minimum Gasteiger partial charge on any atom is -0.508 e. The molecule has 1 N–H and O–H groups in total. The number of phenols is 1. The lowest BCUT2D eigenvalue weighted by molar-refractivity contribution is -0.141. The van der Waals surface area contributed by atoms with Gasteiger partial charge in [0.1, 0.15) is 11.4 Å². The van der Waals surface area contributed by atoms with Crippen LogP contribution in [0.4, 0.5) is 24.7 Å². The van der Waals surface area contributed by atoms with Crippen molar-refractivity contribution in [2.24, 2.45) is 29.1 Å². The van der Waals surface area contributed by atoms with Crippen LogP contribution in [0.25, 0.3) is 0 Å². The molecule has 6 unspecified atom stereocenters. The van der Waals surface area contributed by atoms with E-state index in [2.05, 4.69) is 4.98 Å². The van der Waals surface area contributed by atoms with Crippen LogP contribution in [0.3, 0.4) is 0 Å². The SMILES string of the molecule is CN(c1nc(C(F)(F)F)ccc1Cl)N1C(=O)C2CC=C3C(CC4C(=O)N(c5ccccc5)C(=O)C4(C)C3c3ccccc3O)C2C1=O. The Morgan fingerprint density at radius 2 is 1.62 bits per heavy atom. The van der Waals surface area contributed by atoms with Gasteiger partial charge in [-0.15, -0.1) is 0 Å². The second kappa shape index (κ2) is 10.7. The molecule has 3 aromatic rings. The normalized spacial score (nSPS) is 28.6.